The number of amides is 1. The van der Waals surface area contributed by atoms with E-state index in [-0.39, 0.29) is 23.9 Å². The van der Waals surface area contributed by atoms with Gasteiger partial charge in [-0.3, -0.25) is 9.59 Å². The van der Waals surface area contributed by atoms with Crippen molar-refractivity contribution < 1.29 is 4.79 Å². The fraction of sp³-hybridized carbons (Fsp3) is 0.625. The molecule has 0 unspecified atom stereocenters. The summed E-state index contributed by atoms with van der Waals surface area (Å²) in [6, 6.07) is 1.86. The molecule has 1 amide bonds. The van der Waals surface area contributed by atoms with Crippen LogP contribution in [0.1, 0.15) is 40.9 Å². The molecule has 1 fully saturated rings. The van der Waals surface area contributed by atoms with Gasteiger partial charge in [-0.25, -0.2) is 0 Å². The van der Waals surface area contributed by atoms with Crippen LogP contribution in [0.5, 0.6) is 0 Å². The Hall–Kier alpha value is -1.33. The van der Waals surface area contributed by atoms with Gasteiger partial charge in [0.1, 0.15) is 5.56 Å². The van der Waals surface area contributed by atoms with Crippen LogP contribution in [0.4, 0.5) is 0 Å². The van der Waals surface area contributed by atoms with E-state index < -0.39 is 0 Å². The van der Waals surface area contributed by atoms with Crippen molar-refractivity contribution in [1.82, 2.24) is 15.2 Å². The highest BCUT2D eigenvalue weighted by atomic mass is 35.5. The van der Waals surface area contributed by atoms with Crippen molar-refractivity contribution in [2.45, 2.75) is 33.1 Å². The SMILES string of the molecule is CNCCC1CCN(C(=O)c2c(C)cc(C)[nH]c2=O)CC1.Cl. The summed E-state index contributed by atoms with van der Waals surface area (Å²) in [5, 5.41) is 3.17. The Morgan fingerprint density at radius 3 is 2.55 bits per heavy atom. The molecule has 0 bridgehead atoms. The highest BCUT2D eigenvalue weighted by Gasteiger charge is 2.26. The van der Waals surface area contributed by atoms with Crippen LogP contribution in [0.15, 0.2) is 10.9 Å². The van der Waals surface area contributed by atoms with Gasteiger partial charge in [0.25, 0.3) is 11.5 Å². The van der Waals surface area contributed by atoms with Gasteiger partial charge in [-0.05, 0) is 64.3 Å². The molecule has 1 aromatic rings. The van der Waals surface area contributed by atoms with Crippen LogP contribution in [0.2, 0.25) is 0 Å². The zero-order valence-electron chi connectivity index (χ0n) is 13.6. The molecule has 0 radical (unpaired) electrons. The molecule has 1 aliphatic heterocycles. The largest absolute Gasteiger partial charge is 0.338 e. The van der Waals surface area contributed by atoms with E-state index >= 15 is 0 Å². The lowest BCUT2D eigenvalue weighted by Crippen LogP contribution is -2.41. The number of halogens is 1. The molecule has 5 nitrogen and oxygen atoms in total. The first kappa shape index (κ1) is 18.7. The first-order valence-corrected chi connectivity index (χ1v) is 7.67. The highest BCUT2D eigenvalue weighted by Crippen LogP contribution is 2.21. The Morgan fingerprint density at radius 1 is 1.36 bits per heavy atom. The summed E-state index contributed by atoms with van der Waals surface area (Å²) in [5.41, 5.74) is 1.59. The molecule has 0 aliphatic carbocycles. The number of pyridine rings is 1. The first-order valence-electron chi connectivity index (χ1n) is 7.67. The number of hydrogen-bond donors (Lipinski definition) is 2. The lowest BCUT2D eigenvalue weighted by Gasteiger charge is -2.32. The van der Waals surface area contributed by atoms with Crippen molar-refractivity contribution in [3.63, 3.8) is 0 Å². The molecule has 0 saturated carbocycles. The lowest BCUT2D eigenvalue weighted by molar-refractivity contribution is 0.0684. The molecule has 2 rings (SSSR count). The number of aromatic amines is 1. The van der Waals surface area contributed by atoms with Gasteiger partial charge in [-0.1, -0.05) is 0 Å². The van der Waals surface area contributed by atoms with E-state index in [1.54, 1.807) is 0 Å². The van der Waals surface area contributed by atoms with Crippen LogP contribution in [0.25, 0.3) is 0 Å². The number of H-pyrrole nitrogens is 1. The lowest BCUT2D eigenvalue weighted by atomic mass is 9.93. The van der Waals surface area contributed by atoms with Gasteiger partial charge in [0.2, 0.25) is 0 Å². The van der Waals surface area contributed by atoms with Gasteiger partial charge in [0.05, 0.1) is 0 Å². The van der Waals surface area contributed by atoms with E-state index in [4.69, 9.17) is 0 Å². The first-order chi connectivity index (χ1) is 10.0. The van der Waals surface area contributed by atoms with E-state index in [9.17, 15) is 9.59 Å². The Kier molecular flexibility index (Phi) is 7.10. The number of carbonyl (C=O) groups excluding carboxylic acids is 1. The van der Waals surface area contributed by atoms with Gasteiger partial charge in [0.15, 0.2) is 0 Å². The summed E-state index contributed by atoms with van der Waals surface area (Å²) in [4.78, 5) is 29.2. The molecule has 1 aromatic heterocycles. The van der Waals surface area contributed by atoms with E-state index in [0.29, 0.717) is 11.5 Å². The Balaban J connectivity index is 0.00000242. The van der Waals surface area contributed by atoms with E-state index in [1.165, 1.54) is 0 Å². The third kappa shape index (κ3) is 4.34. The number of likely N-dealkylation sites (tertiary alicyclic amines) is 1. The molecule has 1 saturated heterocycles. The second-order valence-electron chi connectivity index (χ2n) is 5.97. The van der Waals surface area contributed by atoms with Gasteiger partial charge < -0.3 is 15.2 Å². The monoisotopic (exact) mass is 327 g/mol. The average molecular weight is 328 g/mol. The number of nitrogens with zero attached hydrogens (tertiary/aromatic N) is 1. The van der Waals surface area contributed by atoms with Gasteiger partial charge >= 0.3 is 0 Å². The summed E-state index contributed by atoms with van der Waals surface area (Å²) < 4.78 is 0. The normalized spacial score (nSPS) is 15.5. The van der Waals surface area contributed by atoms with Crippen LogP contribution >= 0.6 is 12.4 Å². The Labute approximate surface area is 137 Å². The minimum atomic E-state index is -0.269. The van der Waals surface area contributed by atoms with E-state index in [2.05, 4.69) is 10.3 Å². The van der Waals surface area contributed by atoms with E-state index in [0.717, 1.165) is 50.2 Å². The fourth-order valence-corrected chi connectivity index (χ4v) is 3.05. The zero-order valence-corrected chi connectivity index (χ0v) is 14.4. The van der Waals surface area contributed by atoms with Crippen LogP contribution in [0, 0.1) is 19.8 Å². The maximum absolute atomic E-state index is 12.6. The molecule has 0 spiro atoms. The summed E-state index contributed by atoms with van der Waals surface area (Å²) in [7, 11) is 1.96. The topological polar surface area (TPSA) is 65.2 Å². The minimum Gasteiger partial charge on any atom is -0.338 e. The van der Waals surface area contributed by atoms with Gasteiger partial charge in [-0.2, -0.15) is 0 Å². The molecule has 6 heteroatoms. The van der Waals surface area contributed by atoms with Crippen molar-refractivity contribution in [1.29, 1.82) is 0 Å². The number of piperidine rings is 1. The van der Waals surface area contributed by atoms with Crippen LogP contribution in [0.3, 0.4) is 0 Å². The summed E-state index contributed by atoms with van der Waals surface area (Å²) in [5.74, 6) is 0.555. The number of rotatable bonds is 4. The number of aryl methyl sites for hydroxylation is 2. The molecule has 124 valence electrons. The number of carbonyl (C=O) groups is 1. The third-order valence-electron chi connectivity index (χ3n) is 4.28. The zero-order chi connectivity index (χ0) is 15.4. The summed E-state index contributed by atoms with van der Waals surface area (Å²) in [6.45, 7) is 6.18. The molecule has 22 heavy (non-hydrogen) atoms. The molecular weight excluding hydrogens is 302 g/mol. The Bertz CT molecular complexity index is 563. The average Bonchev–Trinajstić information content (AvgIpc) is 2.44. The predicted octanol–water partition coefficient (Wildman–Crippen LogP) is 1.88. The third-order valence-corrected chi connectivity index (χ3v) is 4.28. The van der Waals surface area contributed by atoms with Crippen molar-refractivity contribution in [2.24, 2.45) is 5.92 Å². The molecule has 0 aromatic carbocycles. The molecule has 2 heterocycles. The maximum Gasteiger partial charge on any atom is 0.261 e. The summed E-state index contributed by atoms with van der Waals surface area (Å²) in [6.07, 6.45) is 3.20. The number of hydrogen-bond acceptors (Lipinski definition) is 3. The summed E-state index contributed by atoms with van der Waals surface area (Å²) >= 11 is 0. The Morgan fingerprint density at radius 2 is 2.00 bits per heavy atom. The predicted molar refractivity (Wildman–Crippen MR) is 91.0 cm³/mol. The molecule has 2 N–H and O–H groups in total. The van der Waals surface area contributed by atoms with Gasteiger partial charge in [0, 0.05) is 18.8 Å². The standard InChI is InChI=1S/C16H25N3O2.ClH/c1-11-10-12(2)18-15(20)14(11)16(21)19-8-5-13(6-9-19)4-7-17-3;/h10,13,17H,4-9H2,1-3H3,(H,18,20);1H. The quantitative estimate of drug-likeness (QED) is 0.887. The van der Waals surface area contributed by atoms with E-state index in [1.807, 2.05) is 31.9 Å². The van der Waals surface area contributed by atoms with Gasteiger partial charge in [-0.15, -0.1) is 12.4 Å². The number of aromatic nitrogens is 1. The molecule has 1 aliphatic rings. The fourth-order valence-electron chi connectivity index (χ4n) is 3.05. The van der Waals surface area contributed by atoms with Crippen LogP contribution in [-0.2, 0) is 0 Å². The number of nitrogens with one attached hydrogen (secondary N) is 2. The smallest absolute Gasteiger partial charge is 0.261 e. The van der Waals surface area contributed by atoms with Crippen LogP contribution < -0.4 is 10.9 Å². The second-order valence-corrected chi connectivity index (χ2v) is 5.97. The van der Waals surface area contributed by atoms with Crippen molar-refractivity contribution in [2.75, 3.05) is 26.7 Å². The highest BCUT2D eigenvalue weighted by molar-refractivity contribution is 5.95. The molecule has 0 atom stereocenters. The minimum absolute atomic E-state index is 0. The van der Waals surface area contributed by atoms with Crippen molar-refractivity contribution in [3.8, 4) is 0 Å². The van der Waals surface area contributed by atoms with Crippen molar-refractivity contribution >= 4 is 18.3 Å². The van der Waals surface area contributed by atoms with Crippen LogP contribution in [-0.4, -0.2) is 42.5 Å². The molecular formula is C16H26ClN3O2. The van der Waals surface area contributed by atoms with Crippen molar-refractivity contribution in [3.05, 3.63) is 33.2 Å². The maximum atomic E-state index is 12.6. The second kappa shape index (κ2) is 8.34.